The molecule has 1 heterocycles. The minimum atomic E-state index is 0.294. The first-order chi connectivity index (χ1) is 12.0. The van der Waals surface area contributed by atoms with Crippen LogP contribution in [0.4, 0.5) is 5.69 Å². The Morgan fingerprint density at radius 1 is 1.04 bits per heavy atom. The van der Waals surface area contributed by atoms with Crippen LogP contribution in [0.25, 0.3) is 0 Å². The van der Waals surface area contributed by atoms with Gasteiger partial charge in [0.15, 0.2) is 0 Å². The van der Waals surface area contributed by atoms with Crippen LogP contribution >= 0.6 is 11.9 Å². The van der Waals surface area contributed by atoms with Crippen molar-refractivity contribution in [2.45, 2.75) is 63.7 Å². The van der Waals surface area contributed by atoms with Crippen molar-refractivity contribution in [2.24, 2.45) is 0 Å². The largest absolute Gasteiger partial charge is 0.490 e. The van der Waals surface area contributed by atoms with E-state index < -0.39 is 0 Å². The van der Waals surface area contributed by atoms with Crippen molar-refractivity contribution in [3.8, 4) is 5.75 Å². The van der Waals surface area contributed by atoms with E-state index >= 15 is 0 Å². The minimum Gasteiger partial charge on any atom is -0.490 e. The first-order valence-electron chi connectivity index (χ1n) is 9.52. The normalized spacial score (nSPS) is 16.0. The molecule has 1 aromatic carbocycles. The van der Waals surface area contributed by atoms with Gasteiger partial charge in [0.2, 0.25) is 0 Å². The molecule has 0 atom stereocenters. The second-order valence-electron chi connectivity index (χ2n) is 7.55. The van der Waals surface area contributed by atoms with Crippen LogP contribution in [-0.2, 0) is 4.74 Å². The fraction of sp³-hybridized carbons (Fsp3) is 0.700. The Morgan fingerprint density at radius 2 is 1.72 bits per heavy atom. The topological polar surface area (TPSA) is 42.5 Å². The molecule has 0 aromatic heterocycles. The molecule has 0 bridgehead atoms. The lowest BCUT2D eigenvalue weighted by atomic mass is 10.1. The maximum Gasteiger partial charge on any atom is 0.119 e. The van der Waals surface area contributed by atoms with Gasteiger partial charge in [0.25, 0.3) is 0 Å². The van der Waals surface area contributed by atoms with E-state index in [-0.39, 0.29) is 0 Å². The Bertz CT molecular complexity index is 468. The highest BCUT2D eigenvalue weighted by Crippen LogP contribution is 2.21. The highest BCUT2D eigenvalue weighted by Gasteiger charge is 2.15. The van der Waals surface area contributed by atoms with Gasteiger partial charge in [-0.1, -0.05) is 18.4 Å². The zero-order chi connectivity index (χ0) is 18.0. The van der Waals surface area contributed by atoms with Gasteiger partial charge in [-0.3, -0.25) is 4.72 Å². The van der Waals surface area contributed by atoms with Crippen LogP contribution in [0.15, 0.2) is 24.3 Å². The van der Waals surface area contributed by atoms with Crippen LogP contribution in [0.2, 0.25) is 0 Å². The molecule has 1 saturated heterocycles. The molecule has 0 unspecified atom stereocenters. The third-order valence-corrected chi connectivity index (χ3v) is 4.95. The van der Waals surface area contributed by atoms with E-state index in [0.29, 0.717) is 10.9 Å². The SMILES string of the molecule is CC(C)(C)SNCCCCCNc1ccc(OC2CCOCC2)cc1. The van der Waals surface area contributed by atoms with Gasteiger partial charge < -0.3 is 14.8 Å². The smallest absolute Gasteiger partial charge is 0.119 e. The number of unbranched alkanes of at least 4 members (excludes halogenated alkanes) is 2. The number of hydrogen-bond donors (Lipinski definition) is 2. The summed E-state index contributed by atoms with van der Waals surface area (Å²) in [5, 5.41) is 3.49. The van der Waals surface area contributed by atoms with Crippen molar-refractivity contribution in [2.75, 3.05) is 31.6 Å². The summed E-state index contributed by atoms with van der Waals surface area (Å²) < 4.78 is 15.1. The number of ether oxygens (including phenoxy) is 2. The Hall–Kier alpha value is -0.910. The number of hydrogen-bond acceptors (Lipinski definition) is 5. The standard InChI is InChI=1S/C20H34N2O2S/c1-20(2,3)25-22-14-6-4-5-13-21-17-7-9-18(10-8-17)24-19-11-15-23-16-12-19/h7-10,19,21-22H,4-6,11-16H2,1-3H3. The summed E-state index contributed by atoms with van der Waals surface area (Å²) >= 11 is 1.82. The van der Waals surface area contributed by atoms with Gasteiger partial charge in [-0.25, -0.2) is 0 Å². The van der Waals surface area contributed by atoms with Crippen molar-refractivity contribution in [1.29, 1.82) is 0 Å². The summed E-state index contributed by atoms with van der Waals surface area (Å²) in [5.74, 6) is 0.958. The van der Waals surface area contributed by atoms with E-state index in [2.05, 4.69) is 55.1 Å². The highest BCUT2D eigenvalue weighted by molar-refractivity contribution is 7.98. The molecule has 0 aliphatic carbocycles. The Balaban J connectivity index is 1.52. The molecular formula is C20H34N2O2S. The monoisotopic (exact) mass is 366 g/mol. The highest BCUT2D eigenvalue weighted by atomic mass is 32.2. The second-order valence-corrected chi connectivity index (χ2v) is 9.27. The first kappa shape index (κ1) is 20.4. The maximum atomic E-state index is 6.00. The summed E-state index contributed by atoms with van der Waals surface area (Å²) in [6.45, 7) is 10.4. The predicted molar refractivity (Wildman–Crippen MR) is 109 cm³/mol. The first-order valence-corrected chi connectivity index (χ1v) is 10.3. The number of nitrogens with one attached hydrogen (secondary N) is 2. The predicted octanol–water partition coefficient (Wildman–Crippen LogP) is 4.86. The lowest BCUT2D eigenvalue weighted by Gasteiger charge is -2.23. The molecule has 4 nitrogen and oxygen atoms in total. The van der Waals surface area contributed by atoms with E-state index in [4.69, 9.17) is 9.47 Å². The molecule has 1 fully saturated rings. The minimum absolute atomic E-state index is 0.294. The maximum absolute atomic E-state index is 6.00. The molecule has 1 aromatic rings. The zero-order valence-electron chi connectivity index (χ0n) is 16.0. The van der Waals surface area contributed by atoms with Crippen molar-refractivity contribution in [3.63, 3.8) is 0 Å². The third kappa shape index (κ3) is 9.38. The second kappa shape index (κ2) is 10.9. The van der Waals surface area contributed by atoms with Gasteiger partial charge in [-0.15, -0.1) is 0 Å². The number of rotatable bonds is 10. The summed E-state index contributed by atoms with van der Waals surface area (Å²) in [6.07, 6.45) is 5.95. The fourth-order valence-corrected chi connectivity index (χ4v) is 3.32. The van der Waals surface area contributed by atoms with E-state index in [1.165, 1.54) is 24.9 Å². The Morgan fingerprint density at radius 3 is 2.40 bits per heavy atom. The van der Waals surface area contributed by atoms with Crippen LogP contribution < -0.4 is 14.8 Å². The molecule has 1 aliphatic rings. The quantitative estimate of drug-likeness (QED) is 0.457. The van der Waals surface area contributed by atoms with Crippen LogP contribution in [0.5, 0.6) is 5.75 Å². The molecule has 0 radical (unpaired) electrons. The third-order valence-electron chi connectivity index (χ3n) is 3.99. The molecule has 142 valence electrons. The number of anilines is 1. The molecule has 0 saturated carbocycles. The molecule has 0 spiro atoms. The average molecular weight is 367 g/mol. The lowest BCUT2D eigenvalue weighted by Crippen LogP contribution is -2.25. The van der Waals surface area contributed by atoms with E-state index in [1.807, 2.05) is 11.9 Å². The van der Waals surface area contributed by atoms with Crippen LogP contribution in [0.3, 0.4) is 0 Å². The fourth-order valence-electron chi connectivity index (χ4n) is 2.64. The van der Waals surface area contributed by atoms with Gasteiger partial charge in [-0.05, 0) is 57.9 Å². The average Bonchev–Trinajstić information content (AvgIpc) is 2.59. The van der Waals surface area contributed by atoms with Crippen molar-refractivity contribution >= 4 is 17.6 Å². The van der Waals surface area contributed by atoms with Crippen LogP contribution in [0, 0.1) is 0 Å². The molecule has 1 aliphatic heterocycles. The van der Waals surface area contributed by atoms with Crippen LogP contribution in [-0.4, -0.2) is 37.2 Å². The molecular weight excluding hydrogens is 332 g/mol. The van der Waals surface area contributed by atoms with Gasteiger partial charge in [-0.2, -0.15) is 0 Å². The summed E-state index contributed by atoms with van der Waals surface area (Å²) in [5.41, 5.74) is 1.17. The lowest BCUT2D eigenvalue weighted by molar-refractivity contribution is 0.0256. The summed E-state index contributed by atoms with van der Waals surface area (Å²) in [6, 6.07) is 8.34. The van der Waals surface area contributed by atoms with E-state index in [9.17, 15) is 0 Å². The van der Waals surface area contributed by atoms with Crippen molar-refractivity contribution in [1.82, 2.24) is 4.72 Å². The zero-order valence-corrected chi connectivity index (χ0v) is 16.8. The summed E-state index contributed by atoms with van der Waals surface area (Å²) in [4.78, 5) is 0. The molecule has 2 rings (SSSR count). The molecule has 0 amide bonds. The molecule has 25 heavy (non-hydrogen) atoms. The van der Waals surface area contributed by atoms with E-state index in [1.54, 1.807) is 0 Å². The number of benzene rings is 1. The molecule has 5 heteroatoms. The van der Waals surface area contributed by atoms with Crippen LogP contribution in [0.1, 0.15) is 52.9 Å². The van der Waals surface area contributed by atoms with Gasteiger partial charge >= 0.3 is 0 Å². The van der Waals surface area contributed by atoms with E-state index in [0.717, 1.165) is 44.9 Å². The Kier molecular flexibility index (Phi) is 8.93. The van der Waals surface area contributed by atoms with Gasteiger partial charge in [0.1, 0.15) is 11.9 Å². The molecule has 2 N–H and O–H groups in total. The summed E-state index contributed by atoms with van der Waals surface area (Å²) in [7, 11) is 0. The van der Waals surface area contributed by atoms with Gasteiger partial charge in [0, 0.05) is 36.4 Å². The van der Waals surface area contributed by atoms with Crippen molar-refractivity contribution < 1.29 is 9.47 Å². The van der Waals surface area contributed by atoms with Gasteiger partial charge in [0.05, 0.1) is 13.2 Å². The Labute approximate surface area is 157 Å². The van der Waals surface area contributed by atoms with Crippen molar-refractivity contribution in [3.05, 3.63) is 24.3 Å².